The summed E-state index contributed by atoms with van der Waals surface area (Å²) in [5.41, 5.74) is 2.24. The third-order valence-electron chi connectivity index (χ3n) is 4.27. The number of hydrogen-bond donors (Lipinski definition) is 0. The molecule has 3 aromatic rings. The summed E-state index contributed by atoms with van der Waals surface area (Å²) >= 11 is 0. The van der Waals surface area contributed by atoms with E-state index in [2.05, 4.69) is 12.1 Å². The summed E-state index contributed by atoms with van der Waals surface area (Å²) in [7, 11) is 0. The van der Waals surface area contributed by atoms with E-state index in [1.54, 1.807) is 0 Å². The third kappa shape index (κ3) is 2.66. The molecular weight excluding hydrogens is 286 g/mol. The van der Waals surface area contributed by atoms with Crippen LogP contribution in [0.25, 0.3) is 10.8 Å². The Bertz CT molecular complexity index is 872. The Hall–Kier alpha value is -2.81. The van der Waals surface area contributed by atoms with Gasteiger partial charge in [-0.15, -0.1) is 0 Å². The Kier molecular flexibility index (Phi) is 3.46. The summed E-state index contributed by atoms with van der Waals surface area (Å²) < 4.78 is 5.71. The monoisotopic (exact) mass is 303 g/mol. The molecule has 1 aliphatic rings. The van der Waals surface area contributed by atoms with Crippen LogP contribution in [0.15, 0.2) is 66.7 Å². The fourth-order valence-electron chi connectivity index (χ4n) is 3.08. The highest BCUT2D eigenvalue weighted by atomic mass is 16.5. The van der Waals surface area contributed by atoms with E-state index in [1.165, 1.54) is 10.9 Å². The fourth-order valence-corrected chi connectivity index (χ4v) is 3.08. The minimum atomic E-state index is 0.00288. The lowest BCUT2D eigenvalue weighted by molar-refractivity contribution is -0.120. The second-order valence-corrected chi connectivity index (χ2v) is 5.72. The SMILES string of the molecule is O=C(COc1ccc2ccccc2c1)N1CCc2ccccc21. The first kappa shape index (κ1) is 13.8. The molecule has 1 amide bonds. The zero-order valence-corrected chi connectivity index (χ0v) is 12.7. The first-order valence-electron chi connectivity index (χ1n) is 7.81. The molecule has 1 aliphatic heterocycles. The molecule has 1 heterocycles. The van der Waals surface area contributed by atoms with E-state index in [0.29, 0.717) is 0 Å². The van der Waals surface area contributed by atoms with Gasteiger partial charge in [0, 0.05) is 12.2 Å². The number of amides is 1. The Balaban J connectivity index is 1.47. The maximum Gasteiger partial charge on any atom is 0.264 e. The van der Waals surface area contributed by atoms with Crippen molar-refractivity contribution < 1.29 is 9.53 Å². The van der Waals surface area contributed by atoms with E-state index in [9.17, 15) is 4.79 Å². The van der Waals surface area contributed by atoms with Crippen molar-refractivity contribution in [2.45, 2.75) is 6.42 Å². The van der Waals surface area contributed by atoms with Crippen LogP contribution in [0.4, 0.5) is 5.69 Å². The zero-order chi connectivity index (χ0) is 15.6. The molecule has 0 saturated carbocycles. The van der Waals surface area contributed by atoms with E-state index < -0.39 is 0 Å². The molecule has 0 unspecified atom stereocenters. The Morgan fingerprint density at radius 1 is 0.957 bits per heavy atom. The first-order chi connectivity index (χ1) is 11.3. The van der Waals surface area contributed by atoms with Gasteiger partial charge in [0.15, 0.2) is 6.61 Å². The Labute approximate surface area is 135 Å². The van der Waals surface area contributed by atoms with E-state index >= 15 is 0 Å². The maximum atomic E-state index is 12.4. The summed E-state index contributed by atoms with van der Waals surface area (Å²) in [6.45, 7) is 0.798. The molecule has 0 radical (unpaired) electrons. The number of hydrogen-bond acceptors (Lipinski definition) is 2. The van der Waals surface area contributed by atoms with E-state index in [1.807, 2.05) is 59.5 Å². The van der Waals surface area contributed by atoms with Crippen molar-refractivity contribution in [1.82, 2.24) is 0 Å². The molecule has 114 valence electrons. The minimum Gasteiger partial charge on any atom is -0.484 e. The average molecular weight is 303 g/mol. The van der Waals surface area contributed by atoms with Gasteiger partial charge in [0.25, 0.3) is 5.91 Å². The highest BCUT2D eigenvalue weighted by Gasteiger charge is 2.24. The van der Waals surface area contributed by atoms with Gasteiger partial charge in [0.1, 0.15) is 5.75 Å². The number of rotatable bonds is 3. The Morgan fingerprint density at radius 3 is 2.65 bits per heavy atom. The van der Waals surface area contributed by atoms with Crippen LogP contribution in [0, 0.1) is 0 Å². The maximum absolute atomic E-state index is 12.4. The van der Waals surface area contributed by atoms with Crippen molar-refractivity contribution in [3.8, 4) is 5.75 Å². The molecule has 0 atom stereocenters. The standard InChI is InChI=1S/C20H17NO2/c22-20(21-12-11-16-6-3-4-8-19(16)21)14-23-18-10-9-15-5-1-2-7-17(15)13-18/h1-10,13H,11-12,14H2. The van der Waals surface area contributed by atoms with Crippen LogP contribution in [-0.4, -0.2) is 19.1 Å². The number of anilines is 1. The first-order valence-corrected chi connectivity index (χ1v) is 7.81. The minimum absolute atomic E-state index is 0.00288. The predicted octanol–water partition coefficient (Wildman–Crippen LogP) is 3.81. The summed E-state index contributed by atoms with van der Waals surface area (Å²) in [5, 5.41) is 2.28. The van der Waals surface area contributed by atoms with E-state index in [-0.39, 0.29) is 12.5 Å². The van der Waals surface area contributed by atoms with Gasteiger partial charge in [0.05, 0.1) is 0 Å². The van der Waals surface area contributed by atoms with Crippen LogP contribution in [0.3, 0.4) is 0 Å². The van der Waals surface area contributed by atoms with Crippen molar-refractivity contribution in [1.29, 1.82) is 0 Å². The van der Waals surface area contributed by atoms with Crippen molar-refractivity contribution in [3.63, 3.8) is 0 Å². The van der Waals surface area contributed by atoms with Crippen LogP contribution in [0.1, 0.15) is 5.56 Å². The van der Waals surface area contributed by atoms with E-state index in [0.717, 1.165) is 29.8 Å². The molecule has 3 heteroatoms. The van der Waals surface area contributed by atoms with Crippen LogP contribution >= 0.6 is 0 Å². The molecule has 3 nitrogen and oxygen atoms in total. The number of benzene rings is 3. The van der Waals surface area contributed by atoms with Crippen molar-refractivity contribution in [2.24, 2.45) is 0 Å². The summed E-state index contributed by atoms with van der Waals surface area (Å²) in [4.78, 5) is 14.3. The molecule has 0 aliphatic carbocycles. The molecule has 3 aromatic carbocycles. The Morgan fingerprint density at radius 2 is 1.74 bits per heavy atom. The van der Waals surface area contributed by atoms with Crippen LogP contribution < -0.4 is 9.64 Å². The van der Waals surface area contributed by atoms with Crippen molar-refractivity contribution in [2.75, 3.05) is 18.1 Å². The predicted molar refractivity (Wildman–Crippen MR) is 91.9 cm³/mol. The molecule has 0 saturated heterocycles. The second-order valence-electron chi connectivity index (χ2n) is 5.72. The molecule has 0 spiro atoms. The summed E-state index contributed by atoms with van der Waals surface area (Å²) in [6.07, 6.45) is 0.915. The highest BCUT2D eigenvalue weighted by molar-refractivity contribution is 5.96. The van der Waals surface area contributed by atoms with E-state index in [4.69, 9.17) is 4.74 Å². The molecule has 23 heavy (non-hydrogen) atoms. The summed E-state index contributed by atoms with van der Waals surface area (Å²) in [6, 6.07) is 22.1. The van der Waals surface area contributed by atoms with Gasteiger partial charge in [-0.05, 0) is 41.0 Å². The largest absolute Gasteiger partial charge is 0.484 e. The highest BCUT2D eigenvalue weighted by Crippen LogP contribution is 2.27. The third-order valence-corrected chi connectivity index (χ3v) is 4.27. The number of carbonyl (C=O) groups is 1. The number of fused-ring (bicyclic) bond motifs is 2. The lowest BCUT2D eigenvalue weighted by Gasteiger charge is -2.17. The van der Waals surface area contributed by atoms with Crippen molar-refractivity contribution in [3.05, 3.63) is 72.3 Å². The quantitative estimate of drug-likeness (QED) is 0.736. The lowest BCUT2D eigenvalue weighted by Crippen LogP contribution is -2.33. The van der Waals surface area contributed by atoms with Gasteiger partial charge < -0.3 is 9.64 Å². The number of para-hydroxylation sites is 1. The zero-order valence-electron chi connectivity index (χ0n) is 12.7. The lowest BCUT2D eigenvalue weighted by atomic mass is 10.1. The molecule has 0 bridgehead atoms. The normalized spacial score (nSPS) is 13.1. The smallest absolute Gasteiger partial charge is 0.264 e. The molecule has 0 fully saturated rings. The number of ether oxygens (including phenoxy) is 1. The van der Waals surface area contributed by atoms with Gasteiger partial charge in [-0.25, -0.2) is 0 Å². The summed E-state index contributed by atoms with van der Waals surface area (Å²) in [5.74, 6) is 0.729. The average Bonchev–Trinajstić information content (AvgIpc) is 3.03. The van der Waals surface area contributed by atoms with Gasteiger partial charge >= 0.3 is 0 Å². The second kappa shape index (κ2) is 5.76. The van der Waals surface area contributed by atoms with Gasteiger partial charge in [-0.2, -0.15) is 0 Å². The topological polar surface area (TPSA) is 29.5 Å². The van der Waals surface area contributed by atoms with Crippen molar-refractivity contribution >= 4 is 22.4 Å². The molecular formula is C20H17NO2. The van der Waals surface area contributed by atoms with Crippen LogP contribution in [-0.2, 0) is 11.2 Å². The van der Waals surface area contributed by atoms with Gasteiger partial charge in [0.2, 0.25) is 0 Å². The van der Waals surface area contributed by atoms with Crippen LogP contribution in [0.2, 0.25) is 0 Å². The number of nitrogens with zero attached hydrogens (tertiary/aromatic N) is 1. The molecule has 0 aromatic heterocycles. The fraction of sp³-hybridized carbons (Fsp3) is 0.150. The molecule has 4 rings (SSSR count). The van der Waals surface area contributed by atoms with Crippen LogP contribution in [0.5, 0.6) is 5.75 Å². The number of carbonyl (C=O) groups excluding carboxylic acids is 1. The van der Waals surface area contributed by atoms with Gasteiger partial charge in [-0.3, -0.25) is 4.79 Å². The molecule has 0 N–H and O–H groups in total. The van der Waals surface area contributed by atoms with Gasteiger partial charge in [-0.1, -0.05) is 48.5 Å².